The third-order valence-corrected chi connectivity index (χ3v) is 2.77. The van der Waals surface area contributed by atoms with Gasteiger partial charge in [-0.2, -0.15) is 0 Å². The molecular weight excluding hydrogens is 197 g/mol. The molecule has 1 amide bonds. The molecule has 1 aliphatic rings. The van der Waals surface area contributed by atoms with Gasteiger partial charge in [-0.25, -0.2) is 0 Å². The Bertz CT molecular complexity index is 243. The molecule has 4 heteroatoms. The Morgan fingerprint density at radius 1 is 1.50 bits per heavy atom. The normalized spacial score (nSPS) is 31.0. The first kappa shape index (κ1) is 9.87. The van der Waals surface area contributed by atoms with Crippen molar-refractivity contribution in [1.29, 1.82) is 0 Å². The van der Waals surface area contributed by atoms with Gasteiger partial charge in [-0.05, 0) is 17.4 Å². The standard InChI is InChI=1S/C8H11Cl2NO/c1-8(2)4(3-5(9)10)6(8)7(11)12/h3-4,6H,1-2H3,(H2,11,12)/t4-,6+/m0/s1. The molecule has 0 aromatic rings. The predicted molar refractivity (Wildman–Crippen MR) is 49.7 cm³/mol. The second kappa shape index (κ2) is 2.93. The van der Waals surface area contributed by atoms with Crippen molar-refractivity contribution in [3.05, 3.63) is 10.6 Å². The van der Waals surface area contributed by atoms with Crippen molar-refractivity contribution in [2.45, 2.75) is 13.8 Å². The number of allylic oxidation sites excluding steroid dienone is 1. The number of carbonyl (C=O) groups is 1. The second-order valence-electron chi connectivity index (χ2n) is 3.68. The van der Waals surface area contributed by atoms with Gasteiger partial charge < -0.3 is 5.73 Å². The minimum absolute atomic E-state index is 0.0825. The molecule has 0 saturated heterocycles. The van der Waals surface area contributed by atoms with Gasteiger partial charge >= 0.3 is 0 Å². The van der Waals surface area contributed by atoms with Gasteiger partial charge in [0.05, 0.1) is 5.92 Å². The van der Waals surface area contributed by atoms with Gasteiger partial charge in [-0.3, -0.25) is 4.79 Å². The molecule has 0 heterocycles. The fourth-order valence-electron chi connectivity index (χ4n) is 1.67. The number of hydrogen-bond acceptors (Lipinski definition) is 1. The monoisotopic (exact) mass is 207 g/mol. The van der Waals surface area contributed by atoms with Crippen LogP contribution in [0.5, 0.6) is 0 Å². The smallest absolute Gasteiger partial charge is 0.221 e. The highest BCUT2D eigenvalue weighted by Gasteiger charge is 2.59. The summed E-state index contributed by atoms with van der Waals surface area (Å²) in [5.74, 6) is -0.305. The summed E-state index contributed by atoms with van der Waals surface area (Å²) in [5, 5.41) is 0. The number of amides is 1. The van der Waals surface area contributed by atoms with E-state index in [9.17, 15) is 4.79 Å². The third kappa shape index (κ3) is 1.59. The summed E-state index contributed by atoms with van der Waals surface area (Å²) in [6.07, 6.45) is 1.68. The maximum atomic E-state index is 10.9. The Morgan fingerprint density at radius 3 is 2.25 bits per heavy atom. The zero-order chi connectivity index (χ0) is 9.52. The summed E-state index contributed by atoms with van der Waals surface area (Å²) in [5.41, 5.74) is 5.10. The number of hydrogen-bond donors (Lipinski definition) is 1. The maximum absolute atomic E-state index is 10.9. The van der Waals surface area contributed by atoms with Crippen LogP contribution in [0.1, 0.15) is 13.8 Å². The summed E-state index contributed by atoms with van der Waals surface area (Å²) in [7, 11) is 0. The molecule has 0 unspecified atom stereocenters. The Labute approximate surface area is 81.7 Å². The van der Waals surface area contributed by atoms with E-state index in [0.717, 1.165) is 0 Å². The lowest BCUT2D eigenvalue weighted by atomic mass is 10.1. The van der Waals surface area contributed by atoms with Crippen molar-refractivity contribution in [3.63, 3.8) is 0 Å². The van der Waals surface area contributed by atoms with Crippen molar-refractivity contribution in [2.24, 2.45) is 23.0 Å². The molecule has 1 saturated carbocycles. The number of rotatable bonds is 2. The van der Waals surface area contributed by atoms with Crippen LogP contribution in [-0.4, -0.2) is 5.91 Å². The molecule has 0 aromatic heterocycles. The molecule has 0 spiro atoms. The van der Waals surface area contributed by atoms with Crippen LogP contribution in [-0.2, 0) is 4.79 Å². The van der Waals surface area contributed by atoms with Crippen molar-refractivity contribution in [3.8, 4) is 0 Å². The minimum Gasteiger partial charge on any atom is -0.369 e. The van der Waals surface area contributed by atoms with E-state index in [-0.39, 0.29) is 27.6 Å². The largest absolute Gasteiger partial charge is 0.369 e. The summed E-state index contributed by atoms with van der Waals surface area (Å²) in [6, 6.07) is 0. The minimum atomic E-state index is -0.282. The highest BCUT2D eigenvalue weighted by atomic mass is 35.5. The van der Waals surface area contributed by atoms with Crippen LogP contribution in [0.3, 0.4) is 0 Å². The van der Waals surface area contributed by atoms with Gasteiger partial charge in [0.25, 0.3) is 0 Å². The topological polar surface area (TPSA) is 43.1 Å². The van der Waals surface area contributed by atoms with Crippen molar-refractivity contribution >= 4 is 29.1 Å². The van der Waals surface area contributed by atoms with Gasteiger partial charge in [0.15, 0.2) is 0 Å². The van der Waals surface area contributed by atoms with E-state index < -0.39 is 0 Å². The highest BCUT2D eigenvalue weighted by Crippen LogP contribution is 2.59. The molecule has 2 N–H and O–H groups in total. The molecular formula is C8H11Cl2NO. The van der Waals surface area contributed by atoms with Crippen molar-refractivity contribution in [2.75, 3.05) is 0 Å². The van der Waals surface area contributed by atoms with Gasteiger partial charge in [0.1, 0.15) is 4.49 Å². The van der Waals surface area contributed by atoms with E-state index in [1.807, 2.05) is 13.8 Å². The number of carbonyl (C=O) groups excluding carboxylic acids is 1. The fraction of sp³-hybridized carbons (Fsp3) is 0.625. The first-order valence-electron chi connectivity index (χ1n) is 3.69. The van der Waals surface area contributed by atoms with E-state index >= 15 is 0 Å². The average molecular weight is 208 g/mol. The third-order valence-electron chi connectivity index (χ3n) is 2.52. The molecule has 0 bridgehead atoms. The molecule has 2 atom stereocenters. The molecule has 12 heavy (non-hydrogen) atoms. The van der Waals surface area contributed by atoms with Crippen LogP contribution in [0, 0.1) is 17.3 Å². The summed E-state index contributed by atoms with van der Waals surface area (Å²) in [6.45, 7) is 3.95. The predicted octanol–water partition coefficient (Wildman–Crippen LogP) is 2.06. The van der Waals surface area contributed by atoms with E-state index in [2.05, 4.69) is 0 Å². The van der Waals surface area contributed by atoms with Gasteiger partial charge in [-0.15, -0.1) is 0 Å². The van der Waals surface area contributed by atoms with Crippen molar-refractivity contribution < 1.29 is 4.79 Å². The molecule has 1 rings (SSSR count). The molecule has 0 aliphatic heterocycles. The van der Waals surface area contributed by atoms with E-state index in [1.165, 1.54) is 0 Å². The zero-order valence-corrected chi connectivity index (χ0v) is 8.49. The number of halogens is 2. The molecule has 0 radical (unpaired) electrons. The SMILES string of the molecule is CC1(C)[C@@H](C=C(Cl)Cl)[C@@H]1C(N)=O. The lowest BCUT2D eigenvalue weighted by Gasteiger charge is -1.96. The fourth-order valence-corrected chi connectivity index (χ4v) is 1.94. The Morgan fingerprint density at radius 2 is 2.00 bits per heavy atom. The van der Waals surface area contributed by atoms with Crippen LogP contribution in [0.2, 0.25) is 0 Å². The van der Waals surface area contributed by atoms with Crippen LogP contribution >= 0.6 is 23.2 Å². The molecule has 68 valence electrons. The average Bonchev–Trinajstić information content (AvgIpc) is 2.32. The molecule has 0 aromatic carbocycles. The molecule has 1 fully saturated rings. The first-order chi connectivity index (χ1) is 5.37. The summed E-state index contributed by atoms with van der Waals surface area (Å²) < 4.78 is 0.205. The Kier molecular flexibility index (Phi) is 2.41. The Balaban J connectivity index is 2.73. The molecule has 2 nitrogen and oxygen atoms in total. The lowest BCUT2D eigenvalue weighted by molar-refractivity contribution is -0.119. The van der Waals surface area contributed by atoms with Gasteiger partial charge in [0.2, 0.25) is 5.91 Å². The first-order valence-corrected chi connectivity index (χ1v) is 4.45. The summed E-state index contributed by atoms with van der Waals surface area (Å²) in [4.78, 5) is 10.9. The quantitative estimate of drug-likeness (QED) is 0.741. The highest BCUT2D eigenvalue weighted by molar-refractivity contribution is 6.55. The van der Waals surface area contributed by atoms with Crippen LogP contribution in [0.4, 0.5) is 0 Å². The van der Waals surface area contributed by atoms with E-state index in [0.29, 0.717) is 0 Å². The molecule has 1 aliphatic carbocycles. The number of primary amides is 1. The second-order valence-corrected chi connectivity index (χ2v) is 4.69. The van der Waals surface area contributed by atoms with Gasteiger partial charge in [0, 0.05) is 0 Å². The van der Waals surface area contributed by atoms with Crippen LogP contribution in [0.25, 0.3) is 0 Å². The zero-order valence-electron chi connectivity index (χ0n) is 6.97. The maximum Gasteiger partial charge on any atom is 0.221 e. The van der Waals surface area contributed by atoms with Crippen molar-refractivity contribution in [1.82, 2.24) is 0 Å². The summed E-state index contributed by atoms with van der Waals surface area (Å²) >= 11 is 11.0. The van der Waals surface area contributed by atoms with E-state index in [4.69, 9.17) is 28.9 Å². The Hall–Kier alpha value is -0.210. The number of nitrogens with two attached hydrogens (primary N) is 1. The van der Waals surface area contributed by atoms with E-state index in [1.54, 1.807) is 6.08 Å². The van der Waals surface area contributed by atoms with Crippen LogP contribution in [0.15, 0.2) is 10.6 Å². The lowest BCUT2D eigenvalue weighted by Crippen LogP contribution is -2.16. The van der Waals surface area contributed by atoms with Crippen LogP contribution < -0.4 is 5.73 Å². The van der Waals surface area contributed by atoms with Gasteiger partial charge in [-0.1, -0.05) is 37.0 Å².